The van der Waals surface area contributed by atoms with Crippen molar-refractivity contribution in [3.63, 3.8) is 0 Å². The van der Waals surface area contributed by atoms with E-state index in [-0.39, 0.29) is 33.9 Å². The maximum absolute atomic E-state index is 9.61. The van der Waals surface area contributed by atoms with Crippen LogP contribution in [-0.4, -0.2) is 87.0 Å². The fraction of sp³-hybridized carbons (Fsp3) is 0.625. The first-order valence-corrected chi connectivity index (χ1v) is 10.8. The number of thioether (sulfide) groups is 2. The quantitative estimate of drug-likeness (QED) is 0.0690. The lowest BCUT2D eigenvalue weighted by atomic mass is 10.0. The van der Waals surface area contributed by atoms with Crippen LogP contribution in [0.15, 0.2) is 24.5 Å². The van der Waals surface area contributed by atoms with E-state index in [0.29, 0.717) is 5.03 Å². The number of aliphatic hydroxyl groups excluding tert-OH is 2. The largest absolute Gasteiger partial charge is 0.409 e. The lowest BCUT2D eigenvalue weighted by Gasteiger charge is -2.23. The summed E-state index contributed by atoms with van der Waals surface area (Å²) in [6, 6.07) is 0. The third-order valence-electron chi connectivity index (χ3n) is 3.74. The van der Waals surface area contributed by atoms with E-state index in [9.17, 15) is 20.4 Å². The molecule has 2 rings (SSSR count). The zero-order valence-corrected chi connectivity index (χ0v) is 19.3. The van der Waals surface area contributed by atoms with E-state index in [1.807, 2.05) is 0 Å². The van der Waals surface area contributed by atoms with Crippen LogP contribution in [0.5, 0.6) is 0 Å². The highest BCUT2D eigenvalue weighted by Crippen LogP contribution is 2.27. The zero-order chi connectivity index (χ0) is 24.5. The van der Waals surface area contributed by atoms with Crippen LogP contribution >= 0.6 is 23.5 Å². The van der Waals surface area contributed by atoms with Gasteiger partial charge in [0.1, 0.15) is 5.16 Å². The molecule has 32 heavy (non-hydrogen) atoms. The number of nitrogens with zero attached hydrogens (tertiary/aromatic N) is 6. The molecule has 0 aliphatic rings. The van der Waals surface area contributed by atoms with Crippen molar-refractivity contribution in [3.05, 3.63) is 17.1 Å². The Hall–Kier alpha value is -2.42. The summed E-state index contributed by atoms with van der Waals surface area (Å²) in [6.07, 6.45) is -1.86. The molecule has 7 N–H and O–H groups in total. The average Bonchev–Trinajstić information content (AvgIpc) is 3.37. The highest BCUT2D eigenvalue weighted by Gasteiger charge is 2.27. The molecule has 16 heteroatoms. The van der Waals surface area contributed by atoms with E-state index in [2.05, 4.69) is 39.9 Å². The minimum atomic E-state index is -1.22. The molecule has 178 valence electrons. The standard InChI is InChI=1S/C8H14N4O4S.C8H11N3O3S/c1-8(2,14)4(13)3-17-7-5(6(9)10-15)11-16-12-7;1-8(2,13)5(12)4-15-7-6(9-3)10-14-11-7/h4,13-15H,3H2,1-2H3,(H2,9,10);5,12-13H,4H2,1-2H3. The number of hydrogen-bond acceptors (Lipinski definition) is 14. The molecule has 0 saturated heterocycles. The molecule has 0 aromatic carbocycles. The van der Waals surface area contributed by atoms with Crippen LogP contribution in [0.25, 0.3) is 4.85 Å². The first-order chi connectivity index (χ1) is 14.8. The van der Waals surface area contributed by atoms with Crippen LogP contribution in [0.2, 0.25) is 0 Å². The molecule has 0 saturated carbocycles. The van der Waals surface area contributed by atoms with Gasteiger partial charge < -0.3 is 36.2 Å². The van der Waals surface area contributed by atoms with E-state index >= 15 is 0 Å². The molecule has 14 nitrogen and oxygen atoms in total. The highest BCUT2D eigenvalue weighted by atomic mass is 32.2. The predicted molar refractivity (Wildman–Crippen MR) is 113 cm³/mol. The van der Waals surface area contributed by atoms with E-state index in [0.717, 1.165) is 23.5 Å². The van der Waals surface area contributed by atoms with E-state index in [1.54, 1.807) is 0 Å². The number of rotatable bonds is 9. The Morgan fingerprint density at radius 3 is 1.94 bits per heavy atom. The molecule has 2 aromatic heterocycles. The Morgan fingerprint density at radius 1 is 1.00 bits per heavy atom. The van der Waals surface area contributed by atoms with Gasteiger partial charge in [0.15, 0.2) is 21.6 Å². The van der Waals surface area contributed by atoms with Crippen molar-refractivity contribution in [1.82, 2.24) is 20.6 Å². The SMILES string of the molecule is CC(C)(O)C(O)CSc1nonc1/C(N)=N/O.[C-]#[N+]c1nonc1SCC(O)C(C)(C)O. The Kier molecular flexibility index (Phi) is 10.3. The van der Waals surface area contributed by atoms with Gasteiger partial charge in [-0.05, 0) is 43.2 Å². The summed E-state index contributed by atoms with van der Waals surface area (Å²) in [5, 5.41) is 63.9. The van der Waals surface area contributed by atoms with Gasteiger partial charge in [-0.3, -0.25) is 0 Å². The van der Waals surface area contributed by atoms with Crippen molar-refractivity contribution < 1.29 is 34.9 Å². The first kappa shape index (κ1) is 27.6. The van der Waals surface area contributed by atoms with Gasteiger partial charge in [-0.1, -0.05) is 23.5 Å². The van der Waals surface area contributed by atoms with E-state index < -0.39 is 23.4 Å². The zero-order valence-electron chi connectivity index (χ0n) is 17.7. The predicted octanol–water partition coefficient (Wildman–Crippen LogP) is 0.232. The van der Waals surface area contributed by atoms with Crippen molar-refractivity contribution in [2.45, 2.75) is 61.2 Å². The highest BCUT2D eigenvalue weighted by molar-refractivity contribution is 7.99. The Labute approximate surface area is 191 Å². The second-order valence-electron chi connectivity index (χ2n) is 7.37. The summed E-state index contributed by atoms with van der Waals surface area (Å²) >= 11 is 2.21. The molecule has 2 heterocycles. The van der Waals surface area contributed by atoms with Crippen molar-refractivity contribution in [2.75, 3.05) is 11.5 Å². The maximum atomic E-state index is 9.61. The van der Waals surface area contributed by atoms with Gasteiger partial charge in [-0.2, -0.15) is 4.63 Å². The van der Waals surface area contributed by atoms with Crippen LogP contribution in [0.1, 0.15) is 33.4 Å². The number of amidine groups is 1. The van der Waals surface area contributed by atoms with Gasteiger partial charge in [0, 0.05) is 11.5 Å². The molecule has 0 amide bonds. The summed E-state index contributed by atoms with van der Waals surface area (Å²) in [6.45, 7) is 12.7. The Balaban J connectivity index is 0.000000323. The fourth-order valence-electron chi connectivity index (χ4n) is 1.54. The Morgan fingerprint density at radius 2 is 1.47 bits per heavy atom. The topological polar surface area (TPSA) is 222 Å². The molecule has 0 aliphatic heterocycles. The van der Waals surface area contributed by atoms with Crippen LogP contribution in [0.4, 0.5) is 5.82 Å². The van der Waals surface area contributed by atoms with Crippen molar-refractivity contribution in [1.29, 1.82) is 0 Å². The van der Waals surface area contributed by atoms with Gasteiger partial charge >= 0.3 is 5.82 Å². The average molecular weight is 492 g/mol. The fourth-order valence-corrected chi connectivity index (χ4v) is 3.65. The van der Waals surface area contributed by atoms with E-state index in [1.165, 1.54) is 27.7 Å². The molecule has 0 radical (unpaired) electrons. The summed E-state index contributed by atoms with van der Waals surface area (Å²) in [7, 11) is 0. The first-order valence-electron chi connectivity index (χ1n) is 8.88. The third kappa shape index (κ3) is 8.61. The smallest absolute Gasteiger partial charge is 0.353 e. The molecule has 2 atom stereocenters. The Bertz CT molecular complexity index is 915. The van der Waals surface area contributed by atoms with Crippen molar-refractivity contribution in [2.24, 2.45) is 10.9 Å². The minimum Gasteiger partial charge on any atom is -0.409 e. The minimum absolute atomic E-state index is 0.0722. The lowest BCUT2D eigenvalue weighted by molar-refractivity contribution is -0.0350. The van der Waals surface area contributed by atoms with Gasteiger partial charge in [0.25, 0.3) is 0 Å². The molecular weight excluding hydrogens is 466 g/mol. The van der Waals surface area contributed by atoms with Crippen LogP contribution in [0.3, 0.4) is 0 Å². The van der Waals surface area contributed by atoms with E-state index in [4.69, 9.17) is 17.5 Å². The van der Waals surface area contributed by atoms with Crippen molar-refractivity contribution >= 4 is 35.2 Å². The van der Waals surface area contributed by atoms with Crippen molar-refractivity contribution in [3.8, 4) is 0 Å². The third-order valence-corrected chi connectivity index (χ3v) is 5.78. The molecule has 0 spiro atoms. The second-order valence-corrected chi connectivity index (χ2v) is 9.39. The van der Waals surface area contributed by atoms with Gasteiger partial charge in [-0.25, -0.2) is 4.63 Å². The van der Waals surface area contributed by atoms with Crippen LogP contribution in [-0.2, 0) is 0 Å². The normalized spacial score (nSPS) is 14.3. The maximum Gasteiger partial charge on any atom is 0.353 e. The molecule has 0 aliphatic carbocycles. The number of hydrogen-bond donors (Lipinski definition) is 6. The summed E-state index contributed by atoms with van der Waals surface area (Å²) in [5.41, 5.74) is 3.04. The molecule has 0 fully saturated rings. The summed E-state index contributed by atoms with van der Waals surface area (Å²) in [5.74, 6) is 0.235. The van der Waals surface area contributed by atoms with Gasteiger partial charge in [0.2, 0.25) is 0 Å². The van der Waals surface area contributed by atoms with Gasteiger partial charge in [-0.15, -0.1) is 11.8 Å². The van der Waals surface area contributed by atoms with Crippen LogP contribution in [0, 0.1) is 6.57 Å². The van der Waals surface area contributed by atoms with Gasteiger partial charge in [0.05, 0.1) is 23.4 Å². The number of aromatic nitrogens is 4. The lowest BCUT2D eigenvalue weighted by Crippen LogP contribution is -2.37. The monoisotopic (exact) mass is 491 g/mol. The number of aliphatic hydroxyl groups is 4. The molecule has 2 unspecified atom stereocenters. The number of nitrogens with two attached hydrogens (primary N) is 1. The summed E-state index contributed by atoms with van der Waals surface area (Å²) < 4.78 is 8.83. The van der Waals surface area contributed by atoms with Crippen LogP contribution < -0.4 is 5.73 Å². The number of oxime groups is 1. The molecule has 0 bridgehead atoms. The summed E-state index contributed by atoms with van der Waals surface area (Å²) in [4.78, 5) is 3.09. The molecular formula is C16H25N7O7S2. The molecule has 2 aromatic rings. The second kappa shape index (κ2) is 12.0.